The Hall–Kier alpha value is -0.860. The fourth-order valence-corrected chi connectivity index (χ4v) is 2.67. The molecular formula is C14H22N2. The quantitative estimate of drug-likeness (QED) is 0.589. The van der Waals surface area contributed by atoms with Gasteiger partial charge in [-0.15, -0.1) is 0 Å². The van der Waals surface area contributed by atoms with Gasteiger partial charge in [-0.25, -0.2) is 0 Å². The van der Waals surface area contributed by atoms with Crippen LogP contribution in [0.2, 0.25) is 0 Å². The van der Waals surface area contributed by atoms with Gasteiger partial charge in [-0.1, -0.05) is 44.2 Å². The van der Waals surface area contributed by atoms with E-state index in [2.05, 4.69) is 49.6 Å². The van der Waals surface area contributed by atoms with Crippen LogP contribution in [-0.4, -0.2) is 6.04 Å². The van der Waals surface area contributed by atoms with Crippen LogP contribution in [-0.2, 0) is 5.41 Å². The minimum Gasteiger partial charge on any atom is -0.271 e. The van der Waals surface area contributed by atoms with E-state index in [0.717, 1.165) is 6.42 Å². The lowest BCUT2D eigenvalue weighted by molar-refractivity contribution is 0.355. The van der Waals surface area contributed by atoms with Crippen molar-refractivity contribution in [1.29, 1.82) is 0 Å². The van der Waals surface area contributed by atoms with Crippen LogP contribution in [0.4, 0.5) is 0 Å². The number of hydrogen-bond donors (Lipinski definition) is 2. The maximum absolute atomic E-state index is 5.73. The largest absolute Gasteiger partial charge is 0.271 e. The molecule has 0 spiro atoms. The van der Waals surface area contributed by atoms with E-state index in [-0.39, 0.29) is 0 Å². The average molecular weight is 218 g/mol. The molecule has 88 valence electrons. The van der Waals surface area contributed by atoms with E-state index in [4.69, 9.17) is 5.84 Å². The molecule has 16 heavy (non-hydrogen) atoms. The van der Waals surface area contributed by atoms with E-state index in [1.807, 2.05) is 0 Å². The predicted molar refractivity (Wildman–Crippen MR) is 67.9 cm³/mol. The maximum atomic E-state index is 5.73. The third-order valence-corrected chi connectivity index (χ3v) is 3.71. The summed E-state index contributed by atoms with van der Waals surface area (Å²) in [5.74, 6) is 6.42. The third kappa shape index (κ3) is 2.13. The van der Waals surface area contributed by atoms with E-state index in [1.165, 1.54) is 18.4 Å². The third-order valence-electron chi connectivity index (χ3n) is 3.71. The van der Waals surface area contributed by atoms with Gasteiger partial charge in [-0.3, -0.25) is 11.3 Å². The molecule has 0 radical (unpaired) electrons. The van der Waals surface area contributed by atoms with Crippen molar-refractivity contribution in [3.8, 4) is 0 Å². The van der Waals surface area contributed by atoms with Gasteiger partial charge >= 0.3 is 0 Å². The Kier molecular flexibility index (Phi) is 3.31. The summed E-state index contributed by atoms with van der Waals surface area (Å²) in [5.41, 5.74) is 4.78. The Morgan fingerprint density at radius 3 is 2.31 bits per heavy atom. The maximum Gasteiger partial charge on any atom is 0.0309 e. The highest BCUT2D eigenvalue weighted by Crippen LogP contribution is 2.52. The Morgan fingerprint density at radius 2 is 1.88 bits per heavy atom. The van der Waals surface area contributed by atoms with Crippen LogP contribution in [0.5, 0.6) is 0 Å². The molecule has 0 bridgehead atoms. The molecule has 0 aromatic heterocycles. The molecular weight excluding hydrogens is 196 g/mol. The van der Waals surface area contributed by atoms with Crippen molar-refractivity contribution >= 4 is 0 Å². The van der Waals surface area contributed by atoms with Crippen LogP contribution in [0.25, 0.3) is 0 Å². The molecule has 1 aromatic rings. The average Bonchev–Trinajstić information content (AvgIpc) is 3.08. The Labute approximate surface area is 98.2 Å². The highest BCUT2D eigenvalue weighted by molar-refractivity contribution is 5.33. The van der Waals surface area contributed by atoms with Crippen LogP contribution in [0.3, 0.4) is 0 Å². The molecule has 1 aromatic carbocycles. The number of nitrogens with two attached hydrogens (primary N) is 1. The predicted octanol–water partition coefficient (Wildman–Crippen LogP) is 2.60. The summed E-state index contributed by atoms with van der Waals surface area (Å²) in [7, 11) is 0. The topological polar surface area (TPSA) is 38.0 Å². The van der Waals surface area contributed by atoms with Gasteiger partial charge in [0.25, 0.3) is 0 Å². The van der Waals surface area contributed by atoms with Gasteiger partial charge in [0.1, 0.15) is 0 Å². The van der Waals surface area contributed by atoms with Gasteiger partial charge < -0.3 is 0 Å². The van der Waals surface area contributed by atoms with Crippen molar-refractivity contribution < 1.29 is 0 Å². The Balaban J connectivity index is 2.18. The van der Waals surface area contributed by atoms with Gasteiger partial charge in [0.2, 0.25) is 0 Å². The Morgan fingerprint density at radius 1 is 1.25 bits per heavy atom. The van der Waals surface area contributed by atoms with Crippen molar-refractivity contribution in [2.75, 3.05) is 0 Å². The lowest BCUT2D eigenvalue weighted by Crippen LogP contribution is -2.45. The van der Waals surface area contributed by atoms with E-state index in [1.54, 1.807) is 0 Å². The zero-order valence-corrected chi connectivity index (χ0v) is 10.2. The van der Waals surface area contributed by atoms with E-state index in [0.29, 0.717) is 17.4 Å². The lowest BCUT2D eigenvalue weighted by Gasteiger charge is -2.28. The minimum atomic E-state index is 0.306. The summed E-state index contributed by atoms with van der Waals surface area (Å²) in [6.07, 6.45) is 3.67. The second-order valence-electron chi connectivity index (χ2n) is 5.37. The van der Waals surface area contributed by atoms with Gasteiger partial charge in [-0.05, 0) is 30.7 Å². The van der Waals surface area contributed by atoms with Crippen molar-refractivity contribution in [3.05, 3.63) is 35.9 Å². The van der Waals surface area contributed by atoms with Crippen molar-refractivity contribution in [3.63, 3.8) is 0 Å². The van der Waals surface area contributed by atoms with E-state index in [9.17, 15) is 0 Å². The van der Waals surface area contributed by atoms with Crippen molar-refractivity contribution in [2.45, 2.75) is 44.6 Å². The summed E-state index contributed by atoms with van der Waals surface area (Å²) in [6.45, 7) is 4.51. The van der Waals surface area contributed by atoms with Crippen LogP contribution in [0.15, 0.2) is 30.3 Å². The minimum absolute atomic E-state index is 0.306. The normalized spacial score (nSPS) is 19.8. The molecule has 1 saturated carbocycles. The monoisotopic (exact) mass is 218 g/mol. The molecule has 1 unspecified atom stereocenters. The SMILES string of the molecule is CC(C)CC(NN)C1(c2ccccc2)CC1. The molecule has 1 aliphatic rings. The first-order valence-electron chi connectivity index (χ1n) is 6.21. The molecule has 0 aliphatic heterocycles. The number of rotatable bonds is 5. The van der Waals surface area contributed by atoms with Crippen LogP contribution >= 0.6 is 0 Å². The first-order valence-corrected chi connectivity index (χ1v) is 6.21. The van der Waals surface area contributed by atoms with Crippen LogP contribution < -0.4 is 11.3 Å². The fourth-order valence-electron chi connectivity index (χ4n) is 2.67. The number of benzene rings is 1. The first-order chi connectivity index (χ1) is 7.69. The number of hydrazine groups is 1. The van der Waals surface area contributed by atoms with Crippen molar-refractivity contribution in [1.82, 2.24) is 5.43 Å². The summed E-state index contributed by atoms with van der Waals surface area (Å²) < 4.78 is 0. The number of hydrogen-bond acceptors (Lipinski definition) is 2. The van der Waals surface area contributed by atoms with E-state index >= 15 is 0 Å². The molecule has 0 heterocycles. The zero-order chi connectivity index (χ0) is 11.6. The summed E-state index contributed by atoms with van der Waals surface area (Å²) in [6, 6.07) is 11.2. The molecule has 2 heteroatoms. The Bertz CT molecular complexity index is 328. The second-order valence-corrected chi connectivity index (χ2v) is 5.37. The van der Waals surface area contributed by atoms with Crippen LogP contribution in [0.1, 0.15) is 38.7 Å². The van der Waals surface area contributed by atoms with E-state index < -0.39 is 0 Å². The first kappa shape index (κ1) is 11.6. The highest BCUT2D eigenvalue weighted by Gasteiger charge is 2.50. The molecule has 1 aliphatic carbocycles. The molecule has 0 amide bonds. The molecule has 2 nitrogen and oxygen atoms in total. The lowest BCUT2D eigenvalue weighted by atomic mass is 9.84. The zero-order valence-electron chi connectivity index (χ0n) is 10.2. The smallest absolute Gasteiger partial charge is 0.0309 e. The summed E-state index contributed by atoms with van der Waals surface area (Å²) in [4.78, 5) is 0. The summed E-state index contributed by atoms with van der Waals surface area (Å²) in [5, 5.41) is 0. The van der Waals surface area contributed by atoms with Gasteiger partial charge in [0.15, 0.2) is 0 Å². The molecule has 3 N–H and O–H groups in total. The molecule has 2 rings (SSSR count). The molecule has 1 fully saturated rings. The number of nitrogens with one attached hydrogen (secondary N) is 1. The van der Waals surface area contributed by atoms with Crippen molar-refractivity contribution in [2.24, 2.45) is 11.8 Å². The van der Waals surface area contributed by atoms with Gasteiger partial charge in [-0.2, -0.15) is 0 Å². The van der Waals surface area contributed by atoms with Gasteiger partial charge in [0, 0.05) is 11.5 Å². The molecule has 1 atom stereocenters. The van der Waals surface area contributed by atoms with Gasteiger partial charge in [0.05, 0.1) is 0 Å². The summed E-state index contributed by atoms with van der Waals surface area (Å²) >= 11 is 0. The molecule has 0 saturated heterocycles. The standard InChI is InChI=1S/C14H22N2/c1-11(2)10-13(16-15)14(8-9-14)12-6-4-3-5-7-12/h3-7,11,13,16H,8-10,15H2,1-2H3. The fraction of sp³-hybridized carbons (Fsp3) is 0.571. The van der Waals surface area contributed by atoms with Crippen LogP contribution in [0, 0.1) is 5.92 Å². The second kappa shape index (κ2) is 4.56. The highest BCUT2D eigenvalue weighted by atomic mass is 15.2.